The fourth-order valence-electron chi connectivity index (χ4n) is 0.768. The van der Waals surface area contributed by atoms with E-state index in [1.54, 1.807) is 13.0 Å². The average molecular weight is 165 g/mol. The number of carbonyl (C=O) groups is 1. The molecule has 0 spiro atoms. The number of Topliss-reactive ketones (excluding diaryl/α,β-unsaturated/α-hetero) is 1. The summed E-state index contributed by atoms with van der Waals surface area (Å²) in [6, 6.07) is 0. The summed E-state index contributed by atoms with van der Waals surface area (Å²) in [5.41, 5.74) is 0.676. The van der Waals surface area contributed by atoms with Crippen LogP contribution in [0.4, 0.5) is 0 Å². The lowest BCUT2D eigenvalue weighted by atomic mass is 10.2. The molecule has 9 heavy (non-hydrogen) atoms. The van der Waals surface area contributed by atoms with Gasteiger partial charge in [0.25, 0.3) is 0 Å². The molecule has 0 amide bonds. The number of allylic oxidation sites excluding steroid dienone is 2. The topological polar surface area (TPSA) is 17.1 Å². The molecule has 2 atom stereocenters. The summed E-state index contributed by atoms with van der Waals surface area (Å²) in [6.45, 7) is 1.72. The Morgan fingerprint density at radius 3 is 2.22 bits per heavy atom. The Balaban J connectivity index is 2.82. The van der Waals surface area contributed by atoms with Gasteiger partial charge >= 0.3 is 0 Å². The molecule has 0 unspecified atom stereocenters. The SMILES string of the molecule is CC1=C[C@H](Cl)[C@@H](Cl)C1=O. The van der Waals surface area contributed by atoms with Crippen LogP contribution in [0.15, 0.2) is 11.6 Å². The molecule has 0 aliphatic heterocycles. The minimum absolute atomic E-state index is 0.0448. The third-order valence-corrected chi connectivity index (χ3v) is 2.30. The molecule has 1 aliphatic rings. The van der Waals surface area contributed by atoms with Crippen molar-refractivity contribution in [2.75, 3.05) is 0 Å². The van der Waals surface area contributed by atoms with Crippen LogP contribution < -0.4 is 0 Å². The van der Waals surface area contributed by atoms with Gasteiger partial charge in [-0.15, -0.1) is 23.2 Å². The van der Waals surface area contributed by atoms with E-state index in [0.717, 1.165) is 0 Å². The molecule has 50 valence electrons. The van der Waals surface area contributed by atoms with Crippen LogP contribution in [0.2, 0.25) is 0 Å². The van der Waals surface area contributed by atoms with E-state index in [0.29, 0.717) is 5.57 Å². The molecule has 0 aromatic carbocycles. The lowest BCUT2D eigenvalue weighted by Gasteiger charge is -1.99. The first-order valence-corrected chi connectivity index (χ1v) is 3.51. The van der Waals surface area contributed by atoms with Crippen LogP contribution in [0, 0.1) is 0 Å². The van der Waals surface area contributed by atoms with E-state index in [2.05, 4.69) is 0 Å². The van der Waals surface area contributed by atoms with Gasteiger partial charge in [0, 0.05) is 0 Å². The first kappa shape index (κ1) is 7.10. The minimum Gasteiger partial charge on any atom is -0.293 e. The molecule has 1 aliphatic carbocycles. The van der Waals surface area contributed by atoms with Crippen LogP contribution in [0.25, 0.3) is 0 Å². The number of hydrogen-bond acceptors (Lipinski definition) is 1. The summed E-state index contributed by atoms with van der Waals surface area (Å²) < 4.78 is 0. The van der Waals surface area contributed by atoms with Crippen molar-refractivity contribution >= 4 is 29.0 Å². The molecule has 0 radical (unpaired) electrons. The summed E-state index contributed by atoms with van der Waals surface area (Å²) in [5, 5.41) is -0.842. The monoisotopic (exact) mass is 164 g/mol. The Bertz CT molecular complexity index is 174. The second-order valence-electron chi connectivity index (χ2n) is 2.06. The smallest absolute Gasteiger partial charge is 0.177 e. The lowest BCUT2D eigenvalue weighted by Crippen LogP contribution is -2.15. The Labute approximate surface area is 63.6 Å². The number of ketones is 1. The van der Waals surface area contributed by atoms with Gasteiger partial charge in [0.1, 0.15) is 5.38 Å². The first-order valence-electron chi connectivity index (χ1n) is 2.63. The fourth-order valence-corrected chi connectivity index (χ4v) is 1.32. The maximum atomic E-state index is 10.8. The van der Waals surface area contributed by atoms with Gasteiger partial charge in [-0.25, -0.2) is 0 Å². The van der Waals surface area contributed by atoms with E-state index in [-0.39, 0.29) is 11.2 Å². The highest BCUT2D eigenvalue weighted by Crippen LogP contribution is 2.23. The summed E-state index contributed by atoms with van der Waals surface area (Å²) in [5.74, 6) is -0.0448. The zero-order chi connectivity index (χ0) is 7.02. The quantitative estimate of drug-likeness (QED) is 0.499. The Kier molecular flexibility index (Phi) is 1.83. The van der Waals surface area contributed by atoms with Crippen LogP contribution >= 0.6 is 23.2 Å². The van der Waals surface area contributed by atoms with Gasteiger partial charge in [-0.1, -0.05) is 6.08 Å². The fraction of sp³-hybridized carbons (Fsp3) is 0.500. The molecule has 1 nitrogen and oxygen atoms in total. The average Bonchev–Trinajstić information content (AvgIpc) is 1.98. The molecule has 0 saturated heterocycles. The summed E-state index contributed by atoms with van der Waals surface area (Å²) in [6.07, 6.45) is 1.68. The van der Waals surface area contributed by atoms with Gasteiger partial charge in [-0.3, -0.25) is 4.79 Å². The zero-order valence-corrected chi connectivity index (χ0v) is 6.41. The van der Waals surface area contributed by atoms with E-state index < -0.39 is 5.38 Å². The Hall–Kier alpha value is -0.0100. The Morgan fingerprint density at radius 1 is 1.56 bits per heavy atom. The van der Waals surface area contributed by atoms with Crippen molar-refractivity contribution in [1.29, 1.82) is 0 Å². The Morgan fingerprint density at radius 2 is 2.11 bits per heavy atom. The van der Waals surface area contributed by atoms with Gasteiger partial charge < -0.3 is 0 Å². The number of alkyl halides is 2. The molecule has 0 fully saturated rings. The molecule has 0 heterocycles. The van der Waals surface area contributed by atoms with Gasteiger partial charge in [0.2, 0.25) is 0 Å². The molecular weight excluding hydrogens is 159 g/mol. The molecule has 0 aromatic heterocycles. The summed E-state index contributed by atoms with van der Waals surface area (Å²) in [7, 11) is 0. The molecule has 0 saturated carbocycles. The summed E-state index contributed by atoms with van der Waals surface area (Å²) in [4.78, 5) is 10.8. The predicted molar refractivity (Wildman–Crippen MR) is 38.0 cm³/mol. The normalized spacial score (nSPS) is 35.0. The van der Waals surface area contributed by atoms with Crippen LogP contribution in [0.5, 0.6) is 0 Å². The van der Waals surface area contributed by atoms with Crippen LogP contribution in [0.1, 0.15) is 6.92 Å². The van der Waals surface area contributed by atoms with Gasteiger partial charge in [0.05, 0.1) is 5.38 Å². The maximum absolute atomic E-state index is 10.8. The zero-order valence-electron chi connectivity index (χ0n) is 4.90. The van der Waals surface area contributed by atoms with Crippen molar-refractivity contribution < 1.29 is 4.79 Å². The van der Waals surface area contributed by atoms with Gasteiger partial charge in [-0.05, 0) is 12.5 Å². The molecule has 1 rings (SSSR count). The first-order chi connectivity index (χ1) is 4.13. The minimum atomic E-state index is -0.535. The van der Waals surface area contributed by atoms with E-state index in [4.69, 9.17) is 23.2 Å². The highest BCUT2D eigenvalue weighted by Gasteiger charge is 2.30. The predicted octanol–water partition coefficient (Wildman–Crippen LogP) is 1.73. The standard InChI is InChI=1S/C6H6Cl2O/c1-3-2-4(7)5(8)6(3)9/h2,4-5H,1H3/t4-,5+/m0/s1. The van der Waals surface area contributed by atoms with E-state index >= 15 is 0 Å². The van der Waals surface area contributed by atoms with Crippen molar-refractivity contribution in [3.63, 3.8) is 0 Å². The number of halogens is 2. The van der Waals surface area contributed by atoms with Crippen molar-refractivity contribution in [2.24, 2.45) is 0 Å². The van der Waals surface area contributed by atoms with Gasteiger partial charge in [-0.2, -0.15) is 0 Å². The van der Waals surface area contributed by atoms with Crippen LogP contribution in [0.3, 0.4) is 0 Å². The van der Waals surface area contributed by atoms with E-state index in [1.165, 1.54) is 0 Å². The molecule has 3 heteroatoms. The molecule has 0 aromatic rings. The third kappa shape index (κ3) is 1.12. The maximum Gasteiger partial charge on any atom is 0.177 e. The number of rotatable bonds is 0. The number of hydrogen-bond donors (Lipinski definition) is 0. The molecule has 0 N–H and O–H groups in total. The van der Waals surface area contributed by atoms with E-state index in [9.17, 15) is 4.79 Å². The third-order valence-electron chi connectivity index (χ3n) is 1.33. The van der Waals surface area contributed by atoms with Crippen molar-refractivity contribution in [2.45, 2.75) is 17.7 Å². The lowest BCUT2D eigenvalue weighted by molar-refractivity contribution is -0.114. The van der Waals surface area contributed by atoms with Crippen molar-refractivity contribution in [3.05, 3.63) is 11.6 Å². The van der Waals surface area contributed by atoms with E-state index in [1.807, 2.05) is 0 Å². The van der Waals surface area contributed by atoms with Gasteiger partial charge in [0.15, 0.2) is 5.78 Å². The van der Waals surface area contributed by atoms with Crippen molar-refractivity contribution in [3.8, 4) is 0 Å². The highest BCUT2D eigenvalue weighted by atomic mass is 35.5. The largest absolute Gasteiger partial charge is 0.293 e. The van der Waals surface area contributed by atoms with Crippen LogP contribution in [-0.4, -0.2) is 16.5 Å². The molecule has 0 bridgehead atoms. The van der Waals surface area contributed by atoms with Crippen LogP contribution in [-0.2, 0) is 4.79 Å². The summed E-state index contributed by atoms with van der Waals surface area (Å²) >= 11 is 11.2. The second kappa shape index (κ2) is 2.31. The molecular formula is C6H6Cl2O. The highest BCUT2D eigenvalue weighted by molar-refractivity contribution is 6.42. The van der Waals surface area contributed by atoms with Crippen molar-refractivity contribution in [1.82, 2.24) is 0 Å². The number of carbonyl (C=O) groups excluding carboxylic acids is 1. The second-order valence-corrected chi connectivity index (χ2v) is 3.03.